The Balaban J connectivity index is 1.19. The number of hydrogen-bond donors (Lipinski definition) is 0. The number of halogens is 2. The minimum absolute atomic E-state index is 0.0549. The predicted molar refractivity (Wildman–Crippen MR) is 146 cm³/mol. The Hall–Kier alpha value is -2.16. The van der Waals surface area contributed by atoms with E-state index in [1.54, 1.807) is 12.1 Å². The molecule has 4 rings (SSSR count). The van der Waals surface area contributed by atoms with Crippen molar-refractivity contribution in [1.29, 1.82) is 0 Å². The molecule has 0 aromatic heterocycles. The molecule has 0 amide bonds. The van der Waals surface area contributed by atoms with Crippen LogP contribution in [0.25, 0.3) is 0 Å². The molecule has 0 bridgehead atoms. The van der Waals surface area contributed by atoms with Crippen LogP contribution in [0.5, 0.6) is 5.75 Å². The van der Waals surface area contributed by atoms with Crippen molar-refractivity contribution < 1.29 is 13.5 Å². The first-order valence-corrected chi connectivity index (χ1v) is 14.4. The molecular weight excluding hydrogens is 450 g/mol. The molecule has 1 nitrogen and oxygen atoms in total. The zero-order chi connectivity index (χ0) is 25.3. The number of rotatable bonds is 10. The van der Waals surface area contributed by atoms with E-state index in [4.69, 9.17) is 4.74 Å². The summed E-state index contributed by atoms with van der Waals surface area (Å²) < 4.78 is 34.8. The van der Waals surface area contributed by atoms with Crippen molar-refractivity contribution in [2.45, 2.75) is 96.8 Å². The van der Waals surface area contributed by atoms with Gasteiger partial charge in [0.1, 0.15) is 0 Å². The summed E-state index contributed by atoms with van der Waals surface area (Å²) >= 11 is 0. The highest BCUT2D eigenvalue weighted by Crippen LogP contribution is 2.45. The largest absolute Gasteiger partial charge is 0.490 e. The second-order valence-corrected chi connectivity index (χ2v) is 11.2. The van der Waals surface area contributed by atoms with Crippen molar-refractivity contribution in [2.24, 2.45) is 17.8 Å². The topological polar surface area (TPSA) is 9.23 Å². The lowest BCUT2D eigenvalue weighted by molar-refractivity contribution is 0.170. The molecule has 0 N–H and O–H groups in total. The van der Waals surface area contributed by atoms with Gasteiger partial charge in [0.05, 0.1) is 6.61 Å². The van der Waals surface area contributed by atoms with Gasteiger partial charge in [-0.25, -0.2) is 4.39 Å². The second kappa shape index (κ2) is 13.4. The van der Waals surface area contributed by atoms with Crippen LogP contribution < -0.4 is 4.74 Å². The number of aryl methyl sites for hydroxylation is 2. The highest BCUT2D eigenvalue weighted by Gasteiger charge is 2.32. The summed E-state index contributed by atoms with van der Waals surface area (Å²) in [6.07, 6.45) is 18.4. The fraction of sp³-hybridized carbons (Fsp3) is 0.576. The smallest absolute Gasteiger partial charge is 0.200 e. The Labute approximate surface area is 217 Å². The third-order valence-corrected chi connectivity index (χ3v) is 8.66. The van der Waals surface area contributed by atoms with E-state index in [9.17, 15) is 8.78 Å². The Morgan fingerprint density at radius 1 is 0.833 bits per heavy atom. The third-order valence-electron chi connectivity index (χ3n) is 8.66. The van der Waals surface area contributed by atoms with E-state index in [-0.39, 0.29) is 11.7 Å². The number of unbranched alkanes of at least 4 members (excludes halogenated alkanes) is 1. The van der Waals surface area contributed by atoms with E-state index in [0.29, 0.717) is 12.2 Å². The van der Waals surface area contributed by atoms with Gasteiger partial charge in [-0.1, -0.05) is 61.4 Å². The molecule has 2 saturated carbocycles. The number of hydrogen-bond acceptors (Lipinski definition) is 1. The van der Waals surface area contributed by atoms with Crippen molar-refractivity contribution in [1.82, 2.24) is 0 Å². The molecule has 0 spiro atoms. The lowest BCUT2D eigenvalue weighted by atomic mass is 9.68. The zero-order valence-electron chi connectivity index (χ0n) is 22.3. The quantitative estimate of drug-likeness (QED) is 0.236. The van der Waals surface area contributed by atoms with Crippen LogP contribution in [0.3, 0.4) is 0 Å². The molecule has 3 heteroatoms. The molecule has 2 fully saturated rings. The maximum atomic E-state index is 14.8. The van der Waals surface area contributed by atoms with Gasteiger partial charge in [0.15, 0.2) is 11.6 Å². The van der Waals surface area contributed by atoms with Gasteiger partial charge >= 0.3 is 0 Å². The van der Waals surface area contributed by atoms with Gasteiger partial charge in [0, 0.05) is 0 Å². The Kier molecular flexibility index (Phi) is 10.0. The molecular formula is C33H44F2O. The molecule has 2 aromatic carbocycles. The van der Waals surface area contributed by atoms with Crippen molar-refractivity contribution in [3.05, 3.63) is 76.9 Å². The van der Waals surface area contributed by atoms with Crippen LogP contribution in [0.2, 0.25) is 0 Å². The fourth-order valence-electron chi connectivity index (χ4n) is 6.30. The normalized spacial score (nSPS) is 24.8. The molecule has 36 heavy (non-hydrogen) atoms. The van der Waals surface area contributed by atoms with Gasteiger partial charge in [-0.2, -0.15) is 4.39 Å². The summed E-state index contributed by atoms with van der Waals surface area (Å²) in [5.74, 6) is 0.966. The van der Waals surface area contributed by atoms with Gasteiger partial charge < -0.3 is 4.74 Å². The van der Waals surface area contributed by atoms with E-state index in [2.05, 4.69) is 50.3 Å². The number of ether oxygens (including phenoxy) is 1. The fourth-order valence-corrected chi connectivity index (χ4v) is 6.30. The maximum Gasteiger partial charge on any atom is 0.200 e. The van der Waals surface area contributed by atoms with E-state index >= 15 is 0 Å². The van der Waals surface area contributed by atoms with E-state index in [1.807, 2.05) is 0 Å². The average Bonchev–Trinajstić information content (AvgIpc) is 2.91. The van der Waals surface area contributed by atoms with Crippen LogP contribution in [-0.2, 0) is 6.42 Å². The second-order valence-electron chi connectivity index (χ2n) is 11.2. The Bertz CT molecular complexity index is 964. The van der Waals surface area contributed by atoms with Crippen molar-refractivity contribution in [3.8, 4) is 5.75 Å². The molecule has 2 aliphatic rings. The first-order chi connectivity index (χ1) is 17.5. The monoisotopic (exact) mass is 494 g/mol. The van der Waals surface area contributed by atoms with Gasteiger partial charge in [-0.15, -0.1) is 0 Å². The predicted octanol–water partition coefficient (Wildman–Crippen LogP) is 9.72. The van der Waals surface area contributed by atoms with E-state index in [0.717, 1.165) is 69.1 Å². The molecule has 0 saturated heterocycles. The Morgan fingerprint density at radius 2 is 1.50 bits per heavy atom. The Morgan fingerprint density at radius 3 is 2.17 bits per heavy atom. The summed E-state index contributed by atoms with van der Waals surface area (Å²) in [6, 6.07) is 12.3. The molecule has 0 atom stereocenters. The summed E-state index contributed by atoms with van der Waals surface area (Å²) in [5.41, 5.74) is 3.29. The van der Waals surface area contributed by atoms with Crippen LogP contribution in [0.1, 0.15) is 100 Å². The van der Waals surface area contributed by atoms with Gasteiger partial charge in [-0.05, 0) is 118 Å². The van der Waals surface area contributed by atoms with Gasteiger partial charge in [0.25, 0.3) is 0 Å². The highest BCUT2D eigenvalue weighted by molar-refractivity contribution is 5.33. The average molecular weight is 495 g/mol. The lowest BCUT2D eigenvalue weighted by Gasteiger charge is -2.37. The minimum Gasteiger partial charge on any atom is -0.490 e. The first kappa shape index (κ1) is 26.9. The van der Waals surface area contributed by atoms with Gasteiger partial charge in [-0.3, -0.25) is 0 Å². The number of benzene rings is 2. The SMILES string of the molecule is CCCCOc1ccc(C2CCC(C3CCC(/C=C/CCc4ccc(C)cc4)CC3)CC2)c(F)c1F. The summed E-state index contributed by atoms with van der Waals surface area (Å²) in [7, 11) is 0. The third kappa shape index (κ3) is 7.20. The van der Waals surface area contributed by atoms with E-state index < -0.39 is 11.6 Å². The number of allylic oxidation sites excluding steroid dienone is 2. The summed E-state index contributed by atoms with van der Waals surface area (Å²) in [4.78, 5) is 0. The molecule has 196 valence electrons. The van der Waals surface area contributed by atoms with E-state index in [1.165, 1.54) is 36.8 Å². The maximum absolute atomic E-state index is 14.8. The van der Waals surface area contributed by atoms with Crippen LogP contribution in [-0.4, -0.2) is 6.61 Å². The van der Waals surface area contributed by atoms with Crippen molar-refractivity contribution in [3.63, 3.8) is 0 Å². The standard InChI is InChI=1S/C33H44F2O/c1-3-4-23-36-31-22-21-30(32(34)33(31)35)29-19-17-28(18-20-29)27-15-13-26(14-16-27)8-6-5-7-25-11-9-24(2)10-12-25/h6,8-12,21-22,26-29H,3-5,7,13-20,23H2,1-2H3/b8-6+. The van der Waals surface area contributed by atoms with Crippen molar-refractivity contribution >= 4 is 0 Å². The molecule has 0 heterocycles. The first-order valence-electron chi connectivity index (χ1n) is 14.4. The minimum atomic E-state index is -0.809. The molecule has 0 radical (unpaired) electrons. The molecule has 0 unspecified atom stereocenters. The zero-order valence-corrected chi connectivity index (χ0v) is 22.3. The summed E-state index contributed by atoms with van der Waals surface area (Å²) in [5, 5.41) is 0. The van der Waals surface area contributed by atoms with Crippen LogP contribution in [0.15, 0.2) is 48.6 Å². The highest BCUT2D eigenvalue weighted by atomic mass is 19.2. The van der Waals surface area contributed by atoms with Crippen LogP contribution in [0, 0.1) is 36.3 Å². The summed E-state index contributed by atoms with van der Waals surface area (Å²) in [6.45, 7) is 4.62. The van der Waals surface area contributed by atoms with Crippen LogP contribution >= 0.6 is 0 Å². The molecule has 2 aliphatic carbocycles. The lowest BCUT2D eigenvalue weighted by Crippen LogP contribution is -2.25. The van der Waals surface area contributed by atoms with Gasteiger partial charge in [0.2, 0.25) is 5.82 Å². The van der Waals surface area contributed by atoms with Crippen LogP contribution in [0.4, 0.5) is 8.78 Å². The van der Waals surface area contributed by atoms with Crippen molar-refractivity contribution in [2.75, 3.05) is 6.61 Å². The molecule has 2 aromatic rings. The molecule has 0 aliphatic heterocycles.